The highest BCUT2D eigenvalue weighted by Crippen LogP contribution is 2.29. The average molecular weight is 449 g/mol. The summed E-state index contributed by atoms with van der Waals surface area (Å²) < 4.78 is 51.1. The normalized spacial score (nSPS) is 15.2. The van der Waals surface area contributed by atoms with Gasteiger partial charge in [-0.1, -0.05) is 12.7 Å². The second-order valence-corrected chi connectivity index (χ2v) is 8.91. The number of nitrogens with zero attached hydrogens (tertiary/aromatic N) is 2. The van der Waals surface area contributed by atoms with Crippen LogP contribution in [0, 0.1) is 5.82 Å². The molecule has 7 nitrogen and oxygen atoms in total. The number of sulfonamides is 1. The molecule has 0 aromatic heterocycles. The molecular formula is C22H25FN2O5S. The van der Waals surface area contributed by atoms with E-state index in [0.717, 1.165) is 12.1 Å². The van der Waals surface area contributed by atoms with Crippen LogP contribution in [0.1, 0.15) is 16.8 Å². The third kappa shape index (κ3) is 5.23. The van der Waals surface area contributed by atoms with Crippen molar-refractivity contribution in [3.8, 4) is 11.5 Å². The standard InChI is InChI=1S/C22H25FN2O5S/c1-3-15-30-20-10-5-17(16-21(20)29-2)22(26)24-11-4-12-25(14-13-24)31(27,28)19-8-6-18(23)7-9-19/h3,5-10,16H,1,4,11-15H2,2H3. The number of rotatable bonds is 7. The van der Waals surface area contributed by atoms with Gasteiger partial charge in [0.15, 0.2) is 11.5 Å². The highest BCUT2D eigenvalue weighted by Gasteiger charge is 2.29. The first-order valence-corrected chi connectivity index (χ1v) is 11.3. The van der Waals surface area contributed by atoms with E-state index in [9.17, 15) is 17.6 Å². The molecule has 0 aliphatic carbocycles. The van der Waals surface area contributed by atoms with Crippen LogP contribution in [0.3, 0.4) is 0 Å². The van der Waals surface area contributed by atoms with E-state index in [2.05, 4.69) is 6.58 Å². The number of amides is 1. The molecule has 1 saturated heterocycles. The molecule has 0 N–H and O–H groups in total. The summed E-state index contributed by atoms with van der Waals surface area (Å²) in [6.45, 7) is 5.02. The maximum Gasteiger partial charge on any atom is 0.254 e. The minimum Gasteiger partial charge on any atom is -0.493 e. The Bertz CT molecular complexity index is 1040. The van der Waals surface area contributed by atoms with Crippen molar-refractivity contribution in [1.82, 2.24) is 9.21 Å². The quantitative estimate of drug-likeness (QED) is 0.609. The highest BCUT2D eigenvalue weighted by molar-refractivity contribution is 7.89. The van der Waals surface area contributed by atoms with Crippen LogP contribution in [-0.2, 0) is 10.0 Å². The molecule has 1 fully saturated rings. The Hall–Kier alpha value is -2.91. The number of benzene rings is 2. The Morgan fingerprint density at radius 3 is 2.52 bits per heavy atom. The lowest BCUT2D eigenvalue weighted by Gasteiger charge is -2.22. The summed E-state index contributed by atoms with van der Waals surface area (Å²) in [5, 5.41) is 0. The van der Waals surface area contributed by atoms with E-state index < -0.39 is 15.8 Å². The van der Waals surface area contributed by atoms with E-state index in [4.69, 9.17) is 9.47 Å². The van der Waals surface area contributed by atoms with Crippen LogP contribution >= 0.6 is 0 Å². The van der Waals surface area contributed by atoms with Crippen LogP contribution in [0.25, 0.3) is 0 Å². The average Bonchev–Trinajstić information content (AvgIpc) is 3.04. The van der Waals surface area contributed by atoms with Crippen LogP contribution in [0.4, 0.5) is 4.39 Å². The highest BCUT2D eigenvalue weighted by atomic mass is 32.2. The number of carbonyl (C=O) groups is 1. The van der Waals surface area contributed by atoms with Gasteiger partial charge in [-0.05, 0) is 48.9 Å². The molecule has 31 heavy (non-hydrogen) atoms. The topological polar surface area (TPSA) is 76.2 Å². The second kappa shape index (κ2) is 9.93. The van der Waals surface area contributed by atoms with Gasteiger partial charge in [0.25, 0.3) is 5.91 Å². The number of methoxy groups -OCH3 is 1. The van der Waals surface area contributed by atoms with Crippen molar-refractivity contribution in [3.63, 3.8) is 0 Å². The van der Waals surface area contributed by atoms with Crippen molar-refractivity contribution in [2.24, 2.45) is 0 Å². The van der Waals surface area contributed by atoms with Gasteiger partial charge in [-0.2, -0.15) is 4.31 Å². The molecule has 0 bridgehead atoms. The van der Waals surface area contributed by atoms with Crippen molar-refractivity contribution < 1.29 is 27.1 Å². The largest absolute Gasteiger partial charge is 0.493 e. The molecule has 9 heteroatoms. The molecule has 1 amide bonds. The van der Waals surface area contributed by atoms with Crippen LogP contribution in [0.5, 0.6) is 11.5 Å². The monoisotopic (exact) mass is 448 g/mol. The number of hydrogen-bond donors (Lipinski definition) is 0. The Kier molecular flexibility index (Phi) is 7.29. The second-order valence-electron chi connectivity index (χ2n) is 6.97. The fourth-order valence-electron chi connectivity index (χ4n) is 3.34. The van der Waals surface area contributed by atoms with Gasteiger partial charge in [-0.25, -0.2) is 12.8 Å². The molecule has 0 radical (unpaired) electrons. The van der Waals surface area contributed by atoms with E-state index in [1.54, 1.807) is 29.2 Å². The minimum atomic E-state index is -3.76. The molecule has 1 aliphatic heterocycles. The Balaban J connectivity index is 1.72. The molecule has 0 unspecified atom stereocenters. The van der Waals surface area contributed by atoms with Crippen LogP contribution in [0.15, 0.2) is 60.0 Å². The van der Waals surface area contributed by atoms with Gasteiger partial charge < -0.3 is 14.4 Å². The lowest BCUT2D eigenvalue weighted by Crippen LogP contribution is -2.37. The summed E-state index contributed by atoms with van der Waals surface area (Å²) in [4.78, 5) is 14.7. The van der Waals surface area contributed by atoms with Crippen molar-refractivity contribution in [1.29, 1.82) is 0 Å². The predicted octanol–water partition coefficient (Wildman–Crippen LogP) is 2.94. The third-order valence-corrected chi connectivity index (χ3v) is 6.87. The zero-order chi connectivity index (χ0) is 22.4. The number of hydrogen-bond acceptors (Lipinski definition) is 5. The van der Waals surface area contributed by atoms with Gasteiger partial charge in [-0.3, -0.25) is 4.79 Å². The van der Waals surface area contributed by atoms with Gasteiger partial charge >= 0.3 is 0 Å². The summed E-state index contributed by atoms with van der Waals surface area (Å²) in [6, 6.07) is 9.67. The maximum absolute atomic E-state index is 13.1. The van der Waals surface area contributed by atoms with Gasteiger partial charge in [0, 0.05) is 31.7 Å². The SMILES string of the molecule is C=CCOc1ccc(C(=O)N2CCCN(S(=O)(=O)c3ccc(F)cc3)CC2)cc1OC. The number of ether oxygens (including phenoxy) is 2. The zero-order valence-corrected chi connectivity index (χ0v) is 18.1. The fraction of sp³-hybridized carbons (Fsp3) is 0.318. The maximum atomic E-state index is 13.1. The van der Waals surface area contributed by atoms with Crippen LogP contribution in [0.2, 0.25) is 0 Å². The third-order valence-electron chi connectivity index (χ3n) is 4.96. The first-order valence-electron chi connectivity index (χ1n) is 9.83. The Morgan fingerprint density at radius 1 is 1.10 bits per heavy atom. The molecule has 0 spiro atoms. The molecule has 2 aromatic carbocycles. The summed E-state index contributed by atoms with van der Waals surface area (Å²) in [7, 11) is -2.26. The summed E-state index contributed by atoms with van der Waals surface area (Å²) in [5.41, 5.74) is 0.428. The molecular weight excluding hydrogens is 423 g/mol. The van der Waals surface area contributed by atoms with E-state index >= 15 is 0 Å². The van der Waals surface area contributed by atoms with E-state index in [1.807, 2.05) is 0 Å². The van der Waals surface area contributed by atoms with E-state index in [-0.39, 0.29) is 30.4 Å². The molecule has 2 aromatic rings. The minimum absolute atomic E-state index is 0.0357. The predicted molar refractivity (Wildman–Crippen MR) is 114 cm³/mol. The van der Waals surface area contributed by atoms with Crippen molar-refractivity contribution >= 4 is 15.9 Å². The Labute approximate surface area is 181 Å². The summed E-state index contributed by atoms with van der Waals surface area (Å²) >= 11 is 0. The van der Waals surface area contributed by atoms with Gasteiger partial charge in [-0.15, -0.1) is 0 Å². The van der Waals surface area contributed by atoms with Crippen LogP contribution in [-0.4, -0.2) is 63.4 Å². The summed E-state index contributed by atoms with van der Waals surface area (Å²) in [5.74, 6) is 0.229. The first kappa shape index (κ1) is 22.8. The molecule has 1 heterocycles. The molecule has 0 saturated carbocycles. The Morgan fingerprint density at radius 2 is 1.84 bits per heavy atom. The zero-order valence-electron chi connectivity index (χ0n) is 17.3. The van der Waals surface area contributed by atoms with E-state index in [0.29, 0.717) is 36.6 Å². The molecule has 166 valence electrons. The summed E-state index contributed by atoms with van der Waals surface area (Å²) in [6.07, 6.45) is 2.10. The van der Waals surface area contributed by atoms with Gasteiger partial charge in [0.2, 0.25) is 10.0 Å². The van der Waals surface area contributed by atoms with Gasteiger partial charge in [0.05, 0.1) is 12.0 Å². The van der Waals surface area contributed by atoms with Gasteiger partial charge in [0.1, 0.15) is 12.4 Å². The fourth-order valence-corrected chi connectivity index (χ4v) is 4.81. The number of carbonyl (C=O) groups excluding carboxylic acids is 1. The lowest BCUT2D eigenvalue weighted by atomic mass is 10.1. The van der Waals surface area contributed by atoms with Crippen LogP contribution < -0.4 is 9.47 Å². The molecule has 0 atom stereocenters. The van der Waals surface area contributed by atoms with E-state index in [1.165, 1.54) is 23.5 Å². The molecule has 3 rings (SSSR count). The first-order chi connectivity index (χ1) is 14.9. The van der Waals surface area contributed by atoms with Crippen molar-refractivity contribution in [2.45, 2.75) is 11.3 Å². The lowest BCUT2D eigenvalue weighted by molar-refractivity contribution is 0.0764. The van der Waals surface area contributed by atoms with Crippen molar-refractivity contribution in [3.05, 3.63) is 66.5 Å². The molecule has 1 aliphatic rings. The number of halogens is 1. The smallest absolute Gasteiger partial charge is 0.254 e. The van der Waals surface area contributed by atoms with Crippen molar-refractivity contribution in [2.75, 3.05) is 39.9 Å².